The normalized spacial score (nSPS) is 15.1. The maximum Gasteiger partial charge on any atom is 0.251 e. The molecule has 1 saturated heterocycles. The highest BCUT2D eigenvalue weighted by Crippen LogP contribution is 2.29. The van der Waals surface area contributed by atoms with Gasteiger partial charge in [0.15, 0.2) is 0 Å². The smallest absolute Gasteiger partial charge is 0.251 e. The number of benzene rings is 3. The van der Waals surface area contributed by atoms with Crippen LogP contribution in [0, 0.1) is 5.92 Å². The molecule has 35 heavy (non-hydrogen) atoms. The summed E-state index contributed by atoms with van der Waals surface area (Å²) in [5, 5.41) is 13.5. The van der Waals surface area contributed by atoms with Crippen LogP contribution < -0.4 is 5.32 Å². The second-order valence-electron chi connectivity index (χ2n) is 9.48. The van der Waals surface area contributed by atoms with Gasteiger partial charge in [0.1, 0.15) is 11.8 Å². The minimum absolute atomic E-state index is 0.0351. The van der Waals surface area contributed by atoms with Crippen LogP contribution in [0.3, 0.4) is 0 Å². The average molecular weight is 491 g/mol. The van der Waals surface area contributed by atoms with Crippen LogP contribution in [0.15, 0.2) is 72.8 Å². The van der Waals surface area contributed by atoms with Crippen LogP contribution in [0.4, 0.5) is 0 Å². The standard InChI is InChI=1S/C29H31ClN2O3/c1-19(2)27(29(35)32-15-13-21(14-16-32)20-9-11-25(30)12-10-20)31-28(34)24-7-3-5-22(17-24)23-6-4-8-26(33)18-23/h3-12,17-19,21,27,33H,13-16H2,1-2H3,(H,31,34)/t27-/m1/s1. The first-order chi connectivity index (χ1) is 16.8. The zero-order chi connectivity index (χ0) is 24.9. The topological polar surface area (TPSA) is 69.6 Å². The summed E-state index contributed by atoms with van der Waals surface area (Å²) in [4.78, 5) is 28.4. The molecule has 0 saturated carbocycles. The molecule has 5 nitrogen and oxygen atoms in total. The van der Waals surface area contributed by atoms with E-state index in [0.717, 1.165) is 29.0 Å². The van der Waals surface area contributed by atoms with Gasteiger partial charge in [0.05, 0.1) is 0 Å². The van der Waals surface area contributed by atoms with Crippen molar-refractivity contribution in [2.24, 2.45) is 5.92 Å². The molecule has 1 aliphatic heterocycles. The number of halogens is 1. The lowest BCUT2D eigenvalue weighted by Crippen LogP contribution is -2.52. The fourth-order valence-electron chi connectivity index (χ4n) is 4.63. The molecule has 1 heterocycles. The van der Waals surface area contributed by atoms with Gasteiger partial charge in [0, 0.05) is 23.7 Å². The number of aromatic hydroxyl groups is 1. The summed E-state index contributed by atoms with van der Waals surface area (Å²) < 4.78 is 0. The number of likely N-dealkylation sites (tertiary alicyclic amines) is 1. The third-order valence-corrected chi connectivity index (χ3v) is 6.92. The minimum Gasteiger partial charge on any atom is -0.508 e. The highest BCUT2D eigenvalue weighted by Gasteiger charge is 2.31. The summed E-state index contributed by atoms with van der Waals surface area (Å²) in [5.41, 5.74) is 3.37. The highest BCUT2D eigenvalue weighted by atomic mass is 35.5. The molecule has 2 amide bonds. The van der Waals surface area contributed by atoms with Gasteiger partial charge in [0.25, 0.3) is 5.91 Å². The third kappa shape index (κ3) is 6.04. The van der Waals surface area contributed by atoms with E-state index in [1.165, 1.54) is 5.56 Å². The van der Waals surface area contributed by atoms with E-state index in [0.29, 0.717) is 24.6 Å². The highest BCUT2D eigenvalue weighted by molar-refractivity contribution is 6.30. The Hall–Kier alpha value is -3.31. The van der Waals surface area contributed by atoms with Crippen molar-refractivity contribution in [1.29, 1.82) is 0 Å². The van der Waals surface area contributed by atoms with Gasteiger partial charge in [-0.2, -0.15) is 0 Å². The number of nitrogens with zero attached hydrogens (tertiary/aromatic N) is 1. The molecule has 3 aromatic rings. The first-order valence-corrected chi connectivity index (χ1v) is 12.4. The quantitative estimate of drug-likeness (QED) is 0.453. The lowest BCUT2D eigenvalue weighted by molar-refractivity contribution is -0.135. The lowest BCUT2D eigenvalue weighted by atomic mass is 9.89. The van der Waals surface area contributed by atoms with Crippen LogP contribution in [0.25, 0.3) is 11.1 Å². The summed E-state index contributed by atoms with van der Waals surface area (Å²) in [6.45, 7) is 5.23. The Morgan fingerprint density at radius 1 is 0.943 bits per heavy atom. The van der Waals surface area contributed by atoms with Gasteiger partial charge < -0.3 is 15.3 Å². The monoisotopic (exact) mass is 490 g/mol. The number of carbonyl (C=O) groups is 2. The number of carbonyl (C=O) groups excluding carboxylic acids is 2. The first-order valence-electron chi connectivity index (χ1n) is 12.1. The van der Waals surface area contributed by atoms with Gasteiger partial charge >= 0.3 is 0 Å². The number of phenolic OH excluding ortho intramolecular Hbond substituents is 1. The summed E-state index contributed by atoms with van der Waals surface area (Å²) in [5.74, 6) is 0.211. The third-order valence-electron chi connectivity index (χ3n) is 6.67. The molecule has 0 radical (unpaired) electrons. The van der Waals surface area contributed by atoms with Crippen molar-refractivity contribution in [1.82, 2.24) is 10.2 Å². The van der Waals surface area contributed by atoms with Crippen molar-refractivity contribution >= 4 is 23.4 Å². The molecule has 1 aliphatic rings. The molecular weight excluding hydrogens is 460 g/mol. The number of amides is 2. The van der Waals surface area contributed by atoms with E-state index in [1.54, 1.807) is 30.3 Å². The number of piperidine rings is 1. The molecule has 0 bridgehead atoms. The van der Waals surface area contributed by atoms with Crippen LogP contribution in [0.1, 0.15) is 48.5 Å². The van der Waals surface area contributed by atoms with Gasteiger partial charge in [0.2, 0.25) is 5.91 Å². The Balaban J connectivity index is 1.42. The Morgan fingerprint density at radius 2 is 1.57 bits per heavy atom. The van der Waals surface area contributed by atoms with Gasteiger partial charge in [-0.05, 0) is 77.8 Å². The van der Waals surface area contributed by atoms with Gasteiger partial charge in [-0.15, -0.1) is 0 Å². The largest absolute Gasteiger partial charge is 0.508 e. The van der Waals surface area contributed by atoms with Crippen molar-refractivity contribution in [2.45, 2.75) is 38.6 Å². The van der Waals surface area contributed by atoms with Crippen LogP contribution in [-0.4, -0.2) is 41.0 Å². The van der Waals surface area contributed by atoms with E-state index in [9.17, 15) is 14.7 Å². The maximum absolute atomic E-state index is 13.4. The van der Waals surface area contributed by atoms with Crippen LogP contribution in [0.5, 0.6) is 5.75 Å². The van der Waals surface area contributed by atoms with Gasteiger partial charge in [-0.1, -0.05) is 61.8 Å². The number of hydrogen-bond acceptors (Lipinski definition) is 3. The first kappa shape index (κ1) is 24.8. The Kier molecular flexibility index (Phi) is 7.76. The van der Waals surface area contributed by atoms with Crippen molar-refractivity contribution in [3.8, 4) is 16.9 Å². The summed E-state index contributed by atoms with van der Waals surface area (Å²) in [6, 6.07) is 21.5. The number of phenols is 1. The molecule has 0 spiro atoms. The Morgan fingerprint density at radius 3 is 2.20 bits per heavy atom. The van der Waals surface area contributed by atoms with Crippen LogP contribution in [-0.2, 0) is 4.79 Å². The van der Waals surface area contributed by atoms with E-state index in [4.69, 9.17) is 11.6 Å². The van der Waals surface area contributed by atoms with Crippen molar-refractivity contribution in [2.75, 3.05) is 13.1 Å². The number of rotatable bonds is 6. The van der Waals surface area contributed by atoms with Crippen molar-refractivity contribution in [3.05, 3.63) is 88.9 Å². The summed E-state index contributed by atoms with van der Waals surface area (Å²) in [7, 11) is 0. The minimum atomic E-state index is -0.598. The van der Waals surface area contributed by atoms with Crippen LogP contribution in [0.2, 0.25) is 5.02 Å². The van der Waals surface area contributed by atoms with Gasteiger partial charge in [-0.25, -0.2) is 0 Å². The van der Waals surface area contributed by atoms with Crippen molar-refractivity contribution in [3.63, 3.8) is 0 Å². The van der Waals surface area contributed by atoms with E-state index in [2.05, 4.69) is 17.4 Å². The zero-order valence-electron chi connectivity index (χ0n) is 20.1. The van der Waals surface area contributed by atoms with Crippen LogP contribution >= 0.6 is 11.6 Å². The number of hydrogen-bond donors (Lipinski definition) is 2. The van der Waals surface area contributed by atoms with Gasteiger partial charge in [-0.3, -0.25) is 9.59 Å². The molecular formula is C29H31ClN2O3. The average Bonchev–Trinajstić information content (AvgIpc) is 2.87. The number of nitrogens with one attached hydrogen (secondary N) is 1. The zero-order valence-corrected chi connectivity index (χ0v) is 20.8. The summed E-state index contributed by atoms with van der Waals surface area (Å²) >= 11 is 6.01. The maximum atomic E-state index is 13.4. The van der Waals surface area contributed by atoms with E-state index in [1.807, 2.05) is 49.1 Å². The molecule has 0 unspecified atom stereocenters. The second kappa shape index (κ2) is 11.0. The Labute approximate surface area is 211 Å². The Bertz CT molecular complexity index is 1180. The van der Waals surface area contributed by atoms with E-state index >= 15 is 0 Å². The SMILES string of the molecule is CC(C)[C@@H](NC(=O)c1cccc(-c2cccc(O)c2)c1)C(=O)N1CCC(c2ccc(Cl)cc2)CC1. The molecule has 0 aliphatic carbocycles. The molecule has 1 fully saturated rings. The molecule has 3 aromatic carbocycles. The molecule has 1 atom stereocenters. The van der Waals surface area contributed by atoms with Crippen molar-refractivity contribution < 1.29 is 14.7 Å². The molecule has 0 aromatic heterocycles. The molecule has 2 N–H and O–H groups in total. The molecule has 182 valence electrons. The van der Waals surface area contributed by atoms with E-state index in [-0.39, 0.29) is 23.5 Å². The second-order valence-corrected chi connectivity index (χ2v) is 9.91. The van der Waals surface area contributed by atoms with E-state index < -0.39 is 6.04 Å². The predicted octanol–water partition coefficient (Wildman–Crippen LogP) is 5.87. The lowest BCUT2D eigenvalue weighted by Gasteiger charge is -2.35. The fraction of sp³-hybridized carbons (Fsp3) is 0.310. The molecule has 4 rings (SSSR count). The fourth-order valence-corrected chi connectivity index (χ4v) is 4.75. The molecule has 6 heteroatoms. The summed E-state index contributed by atoms with van der Waals surface area (Å²) in [6.07, 6.45) is 1.77. The predicted molar refractivity (Wildman–Crippen MR) is 140 cm³/mol.